The van der Waals surface area contributed by atoms with Crippen LogP contribution in [-0.4, -0.2) is 24.5 Å². The number of hydrogen-bond acceptors (Lipinski definition) is 5. The molecule has 2 aromatic carbocycles. The molecule has 1 aromatic heterocycles. The van der Waals surface area contributed by atoms with Crippen molar-refractivity contribution in [2.24, 2.45) is 0 Å². The molecule has 0 aliphatic carbocycles. The van der Waals surface area contributed by atoms with Crippen LogP contribution in [0.5, 0.6) is 11.5 Å². The molecule has 0 bridgehead atoms. The van der Waals surface area contributed by atoms with Gasteiger partial charge in [-0.25, -0.2) is 8.78 Å². The van der Waals surface area contributed by atoms with Crippen molar-refractivity contribution >= 4 is 0 Å². The molecule has 130 valence electrons. The van der Waals surface area contributed by atoms with Gasteiger partial charge in [-0.3, -0.25) is 0 Å². The van der Waals surface area contributed by atoms with Gasteiger partial charge in [0, 0.05) is 11.6 Å². The van der Waals surface area contributed by atoms with Crippen LogP contribution in [0.1, 0.15) is 5.56 Å². The van der Waals surface area contributed by atoms with Crippen LogP contribution in [0.4, 0.5) is 8.78 Å². The summed E-state index contributed by atoms with van der Waals surface area (Å²) < 4.78 is 43.1. The zero-order valence-corrected chi connectivity index (χ0v) is 13.5. The molecular weight excluding hydrogens is 332 g/mol. The van der Waals surface area contributed by atoms with E-state index in [-0.39, 0.29) is 16.9 Å². The molecule has 3 aromatic rings. The van der Waals surface area contributed by atoms with Gasteiger partial charge in [0.2, 0.25) is 0 Å². The minimum Gasteiger partial charge on any atom is -0.497 e. The first-order valence-corrected chi connectivity index (χ1v) is 7.35. The van der Waals surface area contributed by atoms with E-state index in [1.807, 2.05) is 0 Å². The molecule has 1 heterocycles. The Kier molecular flexibility index (Phi) is 4.67. The number of aromatic nitrogens is 1. The average Bonchev–Trinajstić information content (AvgIpc) is 3.07. The second kappa shape index (κ2) is 6.90. The molecule has 3 rings (SSSR count). The van der Waals surface area contributed by atoms with Crippen molar-refractivity contribution in [2.75, 3.05) is 14.2 Å². The molecule has 0 radical (unpaired) electrons. The van der Waals surface area contributed by atoms with Crippen molar-refractivity contribution in [3.05, 3.63) is 53.6 Å². The Morgan fingerprint density at radius 3 is 2.32 bits per heavy atom. The van der Waals surface area contributed by atoms with E-state index in [2.05, 4.69) is 5.16 Å². The number of aliphatic hydroxyl groups is 1. The van der Waals surface area contributed by atoms with Crippen LogP contribution in [0.3, 0.4) is 0 Å². The van der Waals surface area contributed by atoms with Gasteiger partial charge in [0.15, 0.2) is 5.76 Å². The van der Waals surface area contributed by atoms with E-state index >= 15 is 0 Å². The van der Waals surface area contributed by atoms with E-state index in [0.717, 1.165) is 18.2 Å². The van der Waals surface area contributed by atoms with Gasteiger partial charge in [0.25, 0.3) is 0 Å². The number of halogens is 2. The van der Waals surface area contributed by atoms with Gasteiger partial charge in [0.1, 0.15) is 28.8 Å². The number of methoxy groups -OCH3 is 2. The third kappa shape index (κ3) is 3.18. The number of hydrogen-bond donors (Lipinski definition) is 1. The molecule has 0 saturated heterocycles. The third-order valence-electron chi connectivity index (χ3n) is 3.74. The van der Waals surface area contributed by atoms with Crippen molar-refractivity contribution < 1.29 is 27.9 Å². The summed E-state index contributed by atoms with van der Waals surface area (Å²) in [7, 11) is 3.00. The van der Waals surface area contributed by atoms with Crippen LogP contribution in [0.15, 0.2) is 40.9 Å². The zero-order valence-electron chi connectivity index (χ0n) is 13.5. The lowest BCUT2D eigenvalue weighted by Crippen LogP contribution is -1.93. The third-order valence-corrected chi connectivity index (χ3v) is 3.74. The summed E-state index contributed by atoms with van der Waals surface area (Å²) in [5, 5.41) is 13.7. The van der Waals surface area contributed by atoms with E-state index in [9.17, 15) is 13.9 Å². The molecule has 0 aliphatic rings. The first-order valence-electron chi connectivity index (χ1n) is 7.35. The van der Waals surface area contributed by atoms with Crippen LogP contribution in [0, 0.1) is 11.6 Å². The van der Waals surface area contributed by atoms with Gasteiger partial charge in [-0.1, -0.05) is 5.16 Å². The fourth-order valence-corrected chi connectivity index (χ4v) is 2.51. The summed E-state index contributed by atoms with van der Waals surface area (Å²) in [6.45, 7) is -0.469. The van der Waals surface area contributed by atoms with Crippen molar-refractivity contribution in [1.29, 1.82) is 0 Å². The number of benzene rings is 2. The molecule has 0 unspecified atom stereocenters. The van der Waals surface area contributed by atoms with Gasteiger partial charge >= 0.3 is 0 Å². The molecular formula is C18H15F2NO4. The lowest BCUT2D eigenvalue weighted by atomic mass is 10.0. The Bertz CT molecular complexity index is 886. The lowest BCUT2D eigenvalue weighted by Gasteiger charge is -2.08. The predicted octanol–water partition coefficient (Wildman–Crippen LogP) is 3.80. The molecule has 7 heteroatoms. The SMILES string of the molecule is COc1cc(OC)cc(-c2noc(-c3cc(F)ccc3F)c2CO)c1. The molecule has 25 heavy (non-hydrogen) atoms. The Labute approximate surface area is 142 Å². The maximum absolute atomic E-state index is 14.0. The Morgan fingerprint density at radius 2 is 1.72 bits per heavy atom. The van der Waals surface area contributed by atoms with E-state index in [0.29, 0.717) is 22.8 Å². The molecule has 0 saturated carbocycles. The van der Waals surface area contributed by atoms with Crippen molar-refractivity contribution in [2.45, 2.75) is 6.61 Å². The summed E-state index contributed by atoms with van der Waals surface area (Å²) in [6, 6.07) is 8.00. The van der Waals surface area contributed by atoms with Crippen LogP contribution in [0.2, 0.25) is 0 Å². The van der Waals surface area contributed by atoms with Gasteiger partial charge < -0.3 is 19.1 Å². The topological polar surface area (TPSA) is 64.7 Å². The summed E-state index contributed by atoms with van der Waals surface area (Å²) in [4.78, 5) is 0. The van der Waals surface area contributed by atoms with E-state index < -0.39 is 18.2 Å². The zero-order chi connectivity index (χ0) is 18.0. The van der Waals surface area contributed by atoms with Gasteiger partial charge in [0.05, 0.1) is 32.0 Å². The highest BCUT2D eigenvalue weighted by atomic mass is 19.1. The van der Waals surface area contributed by atoms with Gasteiger partial charge in [-0.05, 0) is 30.3 Å². The Balaban J connectivity index is 2.17. The summed E-state index contributed by atoms with van der Waals surface area (Å²) in [5.41, 5.74) is 0.961. The van der Waals surface area contributed by atoms with Gasteiger partial charge in [-0.15, -0.1) is 0 Å². The van der Waals surface area contributed by atoms with Gasteiger partial charge in [-0.2, -0.15) is 0 Å². The maximum atomic E-state index is 14.0. The summed E-state index contributed by atoms with van der Waals surface area (Å²) in [6.07, 6.45) is 0. The van der Waals surface area contributed by atoms with Crippen LogP contribution < -0.4 is 9.47 Å². The number of nitrogens with zero attached hydrogens (tertiary/aromatic N) is 1. The monoisotopic (exact) mass is 347 g/mol. The van der Waals surface area contributed by atoms with E-state index in [4.69, 9.17) is 14.0 Å². The molecule has 5 nitrogen and oxygen atoms in total. The van der Waals surface area contributed by atoms with E-state index in [1.165, 1.54) is 14.2 Å². The second-order valence-electron chi connectivity index (χ2n) is 5.22. The van der Waals surface area contributed by atoms with E-state index in [1.54, 1.807) is 18.2 Å². The normalized spacial score (nSPS) is 10.8. The van der Waals surface area contributed by atoms with Crippen molar-refractivity contribution in [3.63, 3.8) is 0 Å². The quantitative estimate of drug-likeness (QED) is 0.761. The maximum Gasteiger partial charge on any atom is 0.176 e. The van der Waals surface area contributed by atoms with Crippen LogP contribution >= 0.6 is 0 Å². The molecule has 1 N–H and O–H groups in total. The van der Waals surface area contributed by atoms with Crippen LogP contribution in [-0.2, 0) is 6.61 Å². The molecule has 0 aliphatic heterocycles. The molecule has 0 spiro atoms. The molecule has 0 atom stereocenters. The fraction of sp³-hybridized carbons (Fsp3) is 0.167. The Hall–Kier alpha value is -2.93. The highest BCUT2D eigenvalue weighted by molar-refractivity contribution is 5.74. The largest absolute Gasteiger partial charge is 0.497 e. The van der Waals surface area contributed by atoms with Crippen LogP contribution in [0.25, 0.3) is 22.6 Å². The lowest BCUT2D eigenvalue weighted by molar-refractivity contribution is 0.281. The minimum atomic E-state index is -0.679. The fourth-order valence-electron chi connectivity index (χ4n) is 2.51. The minimum absolute atomic E-state index is 0.0312. The standard InChI is InChI=1S/C18H15F2NO4/c1-23-12-5-10(6-13(8-12)24-2)17-15(9-22)18(25-21-17)14-7-11(19)3-4-16(14)20/h3-8,22H,9H2,1-2H3. The smallest absolute Gasteiger partial charge is 0.176 e. The highest BCUT2D eigenvalue weighted by Gasteiger charge is 2.22. The molecule has 0 fully saturated rings. The first-order chi connectivity index (χ1) is 12.1. The molecule has 0 amide bonds. The Morgan fingerprint density at radius 1 is 1.04 bits per heavy atom. The number of ether oxygens (including phenoxy) is 2. The average molecular weight is 347 g/mol. The summed E-state index contributed by atoms with van der Waals surface area (Å²) in [5.74, 6) is -0.306. The number of rotatable bonds is 5. The predicted molar refractivity (Wildman–Crippen MR) is 86.3 cm³/mol. The second-order valence-corrected chi connectivity index (χ2v) is 5.22. The van der Waals surface area contributed by atoms with Crippen molar-refractivity contribution in [3.8, 4) is 34.1 Å². The highest BCUT2D eigenvalue weighted by Crippen LogP contribution is 2.36. The summed E-state index contributed by atoms with van der Waals surface area (Å²) >= 11 is 0. The number of aliphatic hydroxyl groups excluding tert-OH is 1. The van der Waals surface area contributed by atoms with Crippen molar-refractivity contribution in [1.82, 2.24) is 5.16 Å². The first kappa shape index (κ1) is 16.9.